The van der Waals surface area contributed by atoms with Gasteiger partial charge in [-0.1, -0.05) is 6.07 Å². The predicted octanol–water partition coefficient (Wildman–Crippen LogP) is -0.501. The maximum absolute atomic E-state index is 11.7. The van der Waals surface area contributed by atoms with Gasteiger partial charge < -0.3 is 20.3 Å². The van der Waals surface area contributed by atoms with Gasteiger partial charge in [-0.3, -0.25) is 9.20 Å². The van der Waals surface area contributed by atoms with Gasteiger partial charge >= 0.3 is 0 Å². The molecule has 0 unspecified atom stereocenters. The second-order valence-electron chi connectivity index (χ2n) is 5.27. The standard InChI is InChI=1S/C15H23N7O2/c1-21(2)14(23)11-18-15(16-7-9-24-3)17-10-13-20-19-12-6-4-5-8-22(12)13/h4-6,8H,7,9-11H2,1-3H3,(H2,16,17,18). The molecule has 0 atom stereocenters. The van der Waals surface area contributed by atoms with Crippen molar-refractivity contribution in [2.24, 2.45) is 4.99 Å². The lowest BCUT2D eigenvalue weighted by Crippen LogP contribution is -2.43. The highest BCUT2D eigenvalue weighted by atomic mass is 16.5. The third-order valence-corrected chi connectivity index (χ3v) is 3.27. The van der Waals surface area contributed by atoms with Crippen LogP contribution in [0.15, 0.2) is 29.4 Å². The number of likely N-dealkylation sites (N-methyl/N-ethyl adjacent to an activating group) is 1. The number of pyridine rings is 1. The average Bonchev–Trinajstić information content (AvgIpc) is 2.99. The molecule has 0 aliphatic heterocycles. The number of carbonyl (C=O) groups excluding carboxylic acids is 1. The van der Waals surface area contributed by atoms with Crippen molar-refractivity contribution in [3.8, 4) is 0 Å². The van der Waals surface area contributed by atoms with Gasteiger partial charge in [0.1, 0.15) is 6.54 Å². The number of hydrogen-bond acceptors (Lipinski definition) is 5. The number of aromatic nitrogens is 3. The predicted molar refractivity (Wildman–Crippen MR) is 90.7 cm³/mol. The molecule has 0 saturated heterocycles. The summed E-state index contributed by atoms with van der Waals surface area (Å²) in [6, 6.07) is 5.70. The first kappa shape index (κ1) is 17.7. The zero-order valence-electron chi connectivity index (χ0n) is 14.2. The molecule has 0 aliphatic rings. The van der Waals surface area contributed by atoms with Crippen LogP contribution in [-0.4, -0.2) is 72.3 Å². The summed E-state index contributed by atoms with van der Waals surface area (Å²) in [4.78, 5) is 17.7. The summed E-state index contributed by atoms with van der Waals surface area (Å²) in [6.07, 6.45) is 1.89. The highest BCUT2D eigenvalue weighted by Gasteiger charge is 2.07. The minimum absolute atomic E-state index is 0.0378. The zero-order valence-corrected chi connectivity index (χ0v) is 14.2. The molecule has 2 aromatic heterocycles. The molecular weight excluding hydrogens is 310 g/mol. The summed E-state index contributed by atoms with van der Waals surface area (Å²) in [7, 11) is 5.05. The smallest absolute Gasteiger partial charge is 0.241 e. The lowest BCUT2D eigenvalue weighted by molar-refractivity contribution is -0.127. The van der Waals surface area contributed by atoms with Crippen molar-refractivity contribution in [1.82, 2.24) is 30.1 Å². The van der Waals surface area contributed by atoms with E-state index in [2.05, 4.69) is 25.8 Å². The summed E-state index contributed by atoms with van der Waals surface area (Å²) in [6.45, 7) is 1.62. The van der Waals surface area contributed by atoms with Gasteiger partial charge in [0.25, 0.3) is 0 Å². The van der Waals surface area contributed by atoms with E-state index in [9.17, 15) is 4.79 Å². The second kappa shape index (κ2) is 8.82. The Bertz CT molecular complexity index is 696. The number of nitrogens with one attached hydrogen (secondary N) is 2. The topological polar surface area (TPSA) is 96.1 Å². The maximum Gasteiger partial charge on any atom is 0.241 e. The number of carbonyl (C=O) groups is 1. The molecule has 0 fully saturated rings. The minimum Gasteiger partial charge on any atom is -0.383 e. The van der Waals surface area contributed by atoms with E-state index in [0.29, 0.717) is 25.7 Å². The molecule has 9 heteroatoms. The third kappa shape index (κ3) is 4.92. The molecule has 0 spiro atoms. The number of methoxy groups -OCH3 is 1. The summed E-state index contributed by atoms with van der Waals surface area (Å²) in [5, 5.41) is 14.3. The van der Waals surface area contributed by atoms with Crippen molar-refractivity contribution in [2.45, 2.75) is 6.54 Å². The number of ether oxygens (including phenoxy) is 1. The number of aliphatic imine (C=N–C) groups is 1. The molecule has 9 nitrogen and oxygen atoms in total. The van der Waals surface area contributed by atoms with E-state index in [1.807, 2.05) is 28.8 Å². The zero-order chi connectivity index (χ0) is 17.4. The van der Waals surface area contributed by atoms with Crippen LogP contribution in [0.5, 0.6) is 0 Å². The molecule has 0 radical (unpaired) electrons. The van der Waals surface area contributed by atoms with Gasteiger partial charge in [-0.25, -0.2) is 4.99 Å². The molecule has 2 N–H and O–H groups in total. The number of hydrogen-bond donors (Lipinski definition) is 2. The number of amides is 1. The molecule has 2 aromatic rings. The molecule has 0 bridgehead atoms. The maximum atomic E-state index is 11.7. The summed E-state index contributed by atoms with van der Waals surface area (Å²) in [5.74, 6) is 1.21. The van der Waals surface area contributed by atoms with Crippen LogP contribution in [0, 0.1) is 0 Å². The number of fused-ring (bicyclic) bond motifs is 1. The van der Waals surface area contributed by atoms with E-state index in [1.54, 1.807) is 21.2 Å². The monoisotopic (exact) mass is 333 g/mol. The number of nitrogens with zero attached hydrogens (tertiary/aromatic N) is 5. The van der Waals surface area contributed by atoms with Crippen LogP contribution in [0.3, 0.4) is 0 Å². The van der Waals surface area contributed by atoms with Gasteiger partial charge in [0.05, 0.1) is 13.2 Å². The fourth-order valence-corrected chi connectivity index (χ4v) is 1.91. The quantitative estimate of drug-likeness (QED) is 0.403. The SMILES string of the molecule is COCCNC(=NCc1nnc2ccccn12)NCC(=O)N(C)C. The Morgan fingerprint density at radius 3 is 2.92 bits per heavy atom. The molecule has 0 saturated carbocycles. The van der Waals surface area contributed by atoms with Crippen molar-refractivity contribution >= 4 is 17.5 Å². The first-order valence-corrected chi connectivity index (χ1v) is 7.61. The highest BCUT2D eigenvalue weighted by Crippen LogP contribution is 2.03. The molecule has 130 valence electrons. The van der Waals surface area contributed by atoms with Gasteiger partial charge in [0, 0.05) is 33.9 Å². The normalized spacial score (nSPS) is 11.5. The van der Waals surface area contributed by atoms with Gasteiger partial charge in [-0.15, -0.1) is 10.2 Å². The molecule has 1 amide bonds. The van der Waals surface area contributed by atoms with Crippen LogP contribution in [0.1, 0.15) is 5.82 Å². The Kier molecular flexibility index (Phi) is 6.50. The lowest BCUT2D eigenvalue weighted by Gasteiger charge is -2.14. The van der Waals surface area contributed by atoms with Gasteiger partial charge in [0.15, 0.2) is 17.4 Å². The van der Waals surface area contributed by atoms with Crippen molar-refractivity contribution in [3.63, 3.8) is 0 Å². The molecular formula is C15H23N7O2. The Labute approximate surface area is 140 Å². The molecule has 0 aromatic carbocycles. The largest absolute Gasteiger partial charge is 0.383 e. The van der Waals surface area contributed by atoms with E-state index in [4.69, 9.17) is 4.74 Å². The average molecular weight is 333 g/mol. The fraction of sp³-hybridized carbons (Fsp3) is 0.467. The van der Waals surface area contributed by atoms with Crippen LogP contribution < -0.4 is 10.6 Å². The Morgan fingerprint density at radius 2 is 2.17 bits per heavy atom. The summed E-state index contributed by atoms with van der Waals surface area (Å²) >= 11 is 0. The highest BCUT2D eigenvalue weighted by molar-refractivity contribution is 5.86. The van der Waals surface area contributed by atoms with E-state index in [-0.39, 0.29) is 12.5 Å². The first-order valence-electron chi connectivity index (χ1n) is 7.61. The molecule has 24 heavy (non-hydrogen) atoms. The van der Waals surface area contributed by atoms with Crippen LogP contribution in [0.2, 0.25) is 0 Å². The van der Waals surface area contributed by atoms with Gasteiger partial charge in [-0.2, -0.15) is 0 Å². The first-order chi connectivity index (χ1) is 11.6. The summed E-state index contributed by atoms with van der Waals surface area (Å²) in [5.41, 5.74) is 0.771. The molecule has 0 aliphatic carbocycles. The fourth-order valence-electron chi connectivity index (χ4n) is 1.91. The van der Waals surface area contributed by atoms with Crippen molar-refractivity contribution in [3.05, 3.63) is 30.2 Å². The van der Waals surface area contributed by atoms with Crippen LogP contribution in [0.25, 0.3) is 5.65 Å². The van der Waals surface area contributed by atoms with Crippen LogP contribution in [-0.2, 0) is 16.1 Å². The van der Waals surface area contributed by atoms with E-state index >= 15 is 0 Å². The van der Waals surface area contributed by atoms with E-state index in [0.717, 1.165) is 11.5 Å². The molecule has 2 rings (SSSR count). The summed E-state index contributed by atoms with van der Waals surface area (Å²) < 4.78 is 6.89. The van der Waals surface area contributed by atoms with Crippen molar-refractivity contribution in [2.75, 3.05) is 40.9 Å². The van der Waals surface area contributed by atoms with E-state index in [1.165, 1.54) is 4.90 Å². The number of rotatable bonds is 7. The Morgan fingerprint density at radius 1 is 1.33 bits per heavy atom. The lowest BCUT2D eigenvalue weighted by atomic mass is 10.4. The van der Waals surface area contributed by atoms with Crippen LogP contribution in [0.4, 0.5) is 0 Å². The third-order valence-electron chi connectivity index (χ3n) is 3.27. The van der Waals surface area contributed by atoms with Gasteiger partial charge in [-0.05, 0) is 12.1 Å². The van der Waals surface area contributed by atoms with Crippen LogP contribution >= 0.6 is 0 Å². The van der Waals surface area contributed by atoms with Crippen molar-refractivity contribution < 1.29 is 9.53 Å². The minimum atomic E-state index is -0.0378. The van der Waals surface area contributed by atoms with Gasteiger partial charge in [0.2, 0.25) is 5.91 Å². The van der Waals surface area contributed by atoms with E-state index < -0.39 is 0 Å². The molecule has 2 heterocycles. The van der Waals surface area contributed by atoms with Crippen molar-refractivity contribution in [1.29, 1.82) is 0 Å². The second-order valence-corrected chi connectivity index (χ2v) is 5.27. The Balaban J connectivity index is 2.04. The Hall–Kier alpha value is -2.68. The number of guanidine groups is 1.